The normalized spacial score (nSPS) is 37.9. The van der Waals surface area contributed by atoms with Gasteiger partial charge in [0.25, 0.3) is 0 Å². The third-order valence-electron chi connectivity index (χ3n) is 5.48. The fourth-order valence-corrected chi connectivity index (χ4v) is 4.19. The Labute approximate surface area is 147 Å². The third kappa shape index (κ3) is 2.84. The van der Waals surface area contributed by atoms with Crippen molar-refractivity contribution in [2.24, 2.45) is 5.92 Å². The molecule has 0 spiro atoms. The summed E-state index contributed by atoms with van der Waals surface area (Å²) < 4.78 is 49.8. The van der Waals surface area contributed by atoms with Gasteiger partial charge in [-0.3, -0.25) is 0 Å². The number of nitrogens with zero attached hydrogens (tertiary/aromatic N) is 2. The highest BCUT2D eigenvalue weighted by Crippen LogP contribution is 2.48. The molecule has 1 aliphatic carbocycles. The highest BCUT2D eigenvalue weighted by atomic mass is 19.4. The Balaban J connectivity index is 1.61. The van der Waals surface area contributed by atoms with Crippen molar-refractivity contribution in [1.29, 1.82) is 0 Å². The van der Waals surface area contributed by atoms with Crippen LogP contribution in [0.1, 0.15) is 31.4 Å². The van der Waals surface area contributed by atoms with Gasteiger partial charge in [0.15, 0.2) is 11.5 Å². The first-order chi connectivity index (χ1) is 12.3. The van der Waals surface area contributed by atoms with Crippen LogP contribution in [0.15, 0.2) is 12.4 Å². The summed E-state index contributed by atoms with van der Waals surface area (Å²) in [5.41, 5.74) is -1.11. The summed E-state index contributed by atoms with van der Waals surface area (Å²) in [4.78, 5) is 7.11. The van der Waals surface area contributed by atoms with Crippen molar-refractivity contribution >= 4 is 5.82 Å². The average Bonchev–Trinajstić information content (AvgIpc) is 3.26. The van der Waals surface area contributed by atoms with Crippen molar-refractivity contribution < 1.29 is 32.9 Å². The van der Waals surface area contributed by atoms with Gasteiger partial charge in [-0.15, -0.1) is 0 Å². The van der Waals surface area contributed by atoms with Gasteiger partial charge in [0.2, 0.25) is 0 Å². The zero-order chi connectivity index (χ0) is 18.5. The van der Waals surface area contributed by atoms with Crippen LogP contribution in [0.3, 0.4) is 0 Å². The lowest BCUT2D eigenvalue weighted by atomic mass is 9.83. The first-order valence-corrected chi connectivity index (χ1v) is 8.65. The van der Waals surface area contributed by atoms with E-state index in [0.717, 1.165) is 31.9 Å². The highest BCUT2D eigenvalue weighted by Gasteiger charge is 2.63. The molecule has 1 saturated carbocycles. The van der Waals surface area contributed by atoms with Gasteiger partial charge in [-0.25, -0.2) is 9.97 Å². The van der Waals surface area contributed by atoms with Crippen molar-refractivity contribution in [2.45, 2.75) is 62.0 Å². The zero-order valence-corrected chi connectivity index (χ0v) is 13.8. The second kappa shape index (κ2) is 6.29. The number of ether oxygens (including phenoxy) is 2. The molecule has 2 bridgehead atoms. The van der Waals surface area contributed by atoms with Gasteiger partial charge < -0.3 is 25.0 Å². The lowest BCUT2D eigenvalue weighted by molar-refractivity contribution is -0.268. The van der Waals surface area contributed by atoms with Crippen LogP contribution >= 0.6 is 0 Å². The Hall–Kier alpha value is -1.49. The van der Waals surface area contributed by atoms with E-state index in [0.29, 0.717) is 6.20 Å². The molecule has 144 valence electrons. The predicted octanol–water partition coefficient (Wildman–Crippen LogP) is 1.31. The van der Waals surface area contributed by atoms with E-state index in [1.54, 1.807) is 0 Å². The van der Waals surface area contributed by atoms with Crippen molar-refractivity contribution in [3.8, 4) is 0 Å². The topological polar surface area (TPSA) is 96.7 Å². The second-order valence-corrected chi connectivity index (χ2v) is 7.06. The molecule has 7 nitrogen and oxygen atoms in total. The number of halogens is 3. The SMILES string of the molecule is O[C@H]1[C@@H]2CO[C@@](C3CCCC3)(O2)C(Nc2cnc(C(F)(F)F)cn2)[C@H]1O. The molecule has 3 heterocycles. The van der Waals surface area contributed by atoms with Crippen LogP contribution in [0.4, 0.5) is 19.0 Å². The van der Waals surface area contributed by atoms with E-state index < -0.39 is 42.0 Å². The maximum atomic E-state index is 12.6. The van der Waals surface area contributed by atoms with Crippen LogP contribution in [0.2, 0.25) is 0 Å². The number of fused-ring (bicyclic) bond motifs is 2. The summed E-state index contributed by atoms with van der Waals surface area (Å²) in [6, 6.07) is -0.870. The van der Waals surface area contributed by atoms with Crippen LogP contribution in [-0.4, -0.2) is 56.9 Å². The van der Waals surface area contributed by atoms with Crippen molar-refractivity contribution in [3.63, 3.8) is 0 Å². The standard InChI is InChI=1S/C16H20F3N3O4/c17-16(18,19)10-5-21-11(6-20-10)22-14-13(24)12(23)9-7-25-15(14,26-9)8-3-1-2-4-8/h5-6,8-9,12-14,23-24H,1-4,7H2,(H,21,22)/t9-,12-,13-,14?,15-/m0/s1. The summed E-state index contributed by atoms with van der Waals surface area (Å²) in [5, 5.41) is 23.7. The predicted molar refractivity (Wildman–Crippen MR) is 82.0 cm³/mol. The second-order valence-electron chi connectivity index (χ2n) is 7.06. The molecule has 1 aromatic heterocycles. The number of anilines is 1. The molecular weight excluding hydrogens is 355 g/mol. The van der Waals surface area contributed by atoms with Gasteiger partial charge in [0.05, 0.1) is 19.0 Å². The minimum atomic E-state index is -4.58. The number of aliphatic hydroxyl groups excluding tert-OH is 2. The Kier molecular flexibility index (Phi) is 4.33. The number of aromatic nitrogens is 2. The summed E-state index contributed by atoms with van der Waals surface area (Å²) in [7, 11) is 0. The van der Waals surface area contributed by atoms with E-state index in [4.69, 9.17) is 9.47 Å². The lowest BCUT2D eigenvalue weighted by Crippen LogP contribution is -2.65. The largest absolute Gasteiger partial charge is 0.434 e. The number of rotatable bonds is 3. The minimum Gasteiger partial charge on any atom is -0.388 e. The molecule has 3 fully saturated rings. The molecule has 1 unspecified atom stereocenters. The maximum absolute atomic E-state index is 12.6. The number of alkyl halides is 3. The van der Waals surface area contributed by atoms with E-state index >= 15 is 0 Å². The summed E-state index contributed by atoms with van der Waals surface area (Å²) in [6.45, 7) is 0.158. The third-order valence-corrected chi connectivity index (χ3v) is 5.48. The minimum absolute atomic E-state index is 0.0227. The van der Waals surface area contributed by atoms with E-state index in [2.05, 4.69) is 15.3 Å². The Morgan fingerprint density at radius 2 is 1.85 bits per heavy atom. The molecule has 5 atom stereocenters. The quantitative estimate of drug-likeness (QED) is 0.733. The van der Waals surface area contributed by atoms with Crippen LogP contribution in [0.25, 0.3) is 0 Å². The summed E-state index contributed by atoms with van der Waals surface area (Å²) >= 11 is 0. The highest BCUT2D eigenvalue weighted by molar-refractivity contribution is 5.36. The van der Waals surface area contributed by atoms with Crippen LogP contribution in [-0.2, 0) is 15.7 Å². The summed E-state index contributed by atoms with van der Waals surface area (Å²) in [6.07, 6.45) is -2.28. The first kappa shape index (κ1) is 17.9. The smallest absolute Gasteiger partial charge is 0.388 e. The molecule has 0 amide bonds. The number of aliphatic hydroxyl groups is 2. The molecule has 2 aliphatic heterocycles. The molecule has 10 heteroatoms. The van der Waals surface area contributed by atoms with Gasteiger partial charge in [-0.2, -0.15) is 13.2 Å². The fourth-order valence-electron chi connectivity index (χ4n) is 4.19. The lowest BCUT2D eigenvalue weighted by Gasteiger charge is -2.47. The summed E-state index contributed by atoms with van der Waals surface area (Å²) in [5.74, 6) is -1.07. The van der Waals surface area contributed by atoms with Crippen molar-refractivity contribution in [2.75, 3.05) is 11.9 Å². The van der Waals surface area contributed by atoms with E-state index in [9.17, 15) is 23.4 Å². The van der Waals surface area contributed by atoms with Gasteiger partial charge in [-0.05, 0) is 12.8 Å². The fraction of sp³-hybridized carbons (Fsp3) is 0.750. The molecule has 0 aromatic carbocycles. The molecule has 0 radical (unpaired) electrons. The van der Waals surface area contributed by atoms with Crippen LogP contribution in [0.5, 0.6) is 0 Å². The molecule has 1 aromatic rings. The molecular formula is C16H20F3N3O4. The molecule has 3 N–H and O–H groups in total. The average molecular weight is 375 g/mol. The van der Waals surface area contributed by atoms with E-state index in [1.807, 2.05) is 0 Å². The van der Waals surface area contributed by atoms with Gasteiger partial charge in [0.1, 0.15) is 30.2 Å². The molecule has 4 rings (SSSR count). The molecule has 26 heavy (non-hydrogen) atoms. The number of nitrogens with one attached hydrogen (secondary N) is 1. The van der Waals surface area contributed by atoms with Crippen LogP contribution in [0, 0.1) is 5.92 Å². The number of hydrogen-bond acceptors (Lipinski definition) is 7. The van der Waals surface area contributed by atoms with E-state index in [-0.39, 0.29) is 18.3 Å². The Bertz CT molecular complexity index is 653. The monoisotopic (exact) mass is 375 g/mol. The maximum Gasteiger partial charge on any atom is 0.434 e. The Morgan fingerprint density at radius 3 is 2.46 bits per heavy atom. The van der Waals surface area contributed by atoms with Gasteiger partial charge in [-0.1, -0.05) is 12.8 Å². The number of hydrogen-bond donors (Lipinski definition) is 3. The van der Waals surface area contributed by atoms with Crippen LogP contribution < -0.4 is 5.32 Å². The van der Waals surface area contributed by atoms with Gasteiger partial charge >= 0.3 is 6.18 Å². The zero-order valence-electron chi connectivity index (χ0n) is 13.8. The first-order valence-electron chi connectivity index (χ1n) is 8.65. The molecule has 2 saturated heterocycles. The van der Waals surface area contributed by atoms with E-state index in [1.165, 1.54) is 0 Å². The Morgan fingerprint density at radius 1 is 1.12 bits per heavy atom. The molecule has 3 aliphatic rings. The van der Waals surface area contributed by atoms with Crippen molar-refractivity contribution in [1.82, 2.24) is 9.97 Å². The van der Waals surface area contributed by atoms with Gasteiger partial charge in [0, 0.05) is 5.92 Å². The van der Waals surface area contributed by atoms with Crippen molar-refractivity contribution in [3.05, 3.63) is 18.1 Å².